The van der Waals surface area contributed by atoms with Gasteiger partial charge >= 0.3 is 0 Å². The van der Waals surface area contributed by atoms with Gasteiger partial charge in [0.1, 0.15) is 11.4 Å². The molecule has 0 aromatic carbocycles. The summed E-state index contributed by atoms with van der Waals surface area (Å²) >= 11 is 0. The Hall–Kier alpha value is -1.73. The van der Waals surface area contributed by atoms with Crippen LogP contribution < -0.4 is 5.56 Å². The summed E-state index contributed by atoms with van der Waals surface area (Å²) < 4.78 is 5.68. The Kier molecular flexibility index (Phi) is 5.24. The van der Waals surface area contributed by atoms with E-state index >= 15 is 0 Å². The van der Waals surface area contributed by atoms with Crippen LogP contribution in [0.3, 0.4) is 0 Å². The van der Waals surface area contributed by atoms with E-state index in [0.717, 1.165) is 39.1 Å². The Bertz CT molecular complexity index is 666. The van der Waals surface area contributed by atoms with Crippen molar-refractivity contribution in [2.75, 3.05) is 39.3 Å². The normalized spacial score (nSPS) is 22.4. The van der Waals surface area contributed by atoms with Gasteiger partial charge in [-0.2, -0.15) is 0 Å². The number of ether oxygens (including phenoxy) is 1. The highest BCUT2D eigenvalue weighted by Gasteiger charge is 2.27. The molecule has 1 aromatic rings. The number of aromatic amines is 1. The van der Waals surface area contributed by atoms with Crippen molar-refractivity contribution in [2.24, 2.45) is 0 Å². The Morgan fingerprint density at radius 1 is 1.32 bits per heavy atom. The van der Waals surface area contributed by atoms with Crippen LogP contribution in [0.4, 0.5) is 0 Å². The SMILES string of the molecule is CC(C)(C)c1ncc(C(=O)N2CCN(C[C@@H]3CCCO3)CC2)c(=O)[nH]1. The van der Waals surface area contributed by atoms with Crippen LogP contribution in [0.15, 0.2) is 11.0 Å². The van der Waals surface area contributed by atoms with E-state index < -0.39 is 0 Å². The molecule has 0 unspecified atom stereocenters. The minimum atomic E-state index is -0.355. The zero-order chi connectivity index (χ0) is 18.0. The van der Waals surface area contributed by atoms with E-state index in [-0.39, 0.29) is 22.4 Å². The summed E-state index contributed by atoms with van der Waals surface area (Å²) in [6.07, 6.45) is 4.02. The topological polar surface area (TPSA) is 78.5 Å². The first-order chi connectivity index (χ1) is 11.8. The van der Waals surface area contributed by atoms with Gasteiger partial charge in [-0.1, -0.05) is 20.8 Å². The lowest BCUT2D eigenvalue weighted by molar-refractivity contribution is 0.0431. The van der Waals surface area contributed by atoms with Crippen molar-refractivity contribution in [3.05, 3.63) is 27.9 Å². The second-order valence-electron chi connectivity index (χ2n) is 7.95. The van der Waals surface area contributed by atoms with Crippen molar-refractivity contribution in [3.63, 3.8) is 0 Å². The molecule has 25 heavy (non-hydrogen) atoms. The average molecular weight is 348 g/mol. The molecule has 2 fully saturated rings. The molecular formula is C18H28N4O3. The molecule has 2 aliphatic rings. The Morgan fingerprint density at radius 3 is 2.60 bits per heavy atom. The van der Waals surface area contributed by atoms with E-state index in [1.54, 1.807) is 4.90 Å². The first kappa shape index (κ1) is 18.1. The average Bonchev–Trinajstić information content (AvgIpc) is 3.07. The number of hydrogen-bond acceptors (Lipinski definition) is 5. The number of aromatic nitrogens is 2. The van der Waals surface area contributed by atoms with Gasteiger partial charge in [-0.3, -0.25) is 14.5 Å². The lowest BCUT2D eigenvalue weighted by atomic mass is 9.96. The largest absolute Gasteiger partial charge is 0.377 e. The van der Waals surface area contributed by atoms with Crippen LogP contribution in [0.25, 0.3) is 0 Å². The van der Waals surface area contributed by atoms with Gasteiger partial charge in [0.25, 0.3) is 11.5 Å². The second-order valence-corrected chi connectivity index (χ2v) is 7.95. The minimum absolute atomic E-state index is 0.126. The zero-order valence-electron chi connectivity index (χ0n) is 15.4. The molecule has 1 N–H and O–H groups in total. The van der Waals surface area contributed by atoms with Crippen LogP contribution in [0.5, 0.6) is 0 Å². The van der Waals surface area contributed by atoms with Crippen LogP contribution in [0.2, 0.25) is 0 Å². The summed E-state index contributed by atoms with van der Waals surface area (Å²) in [6, 6.07) is 0. The van der Waals surface area contributed by atoms with Crippen molar-refractivity contribution < 1.29 is 9.53 Å². The molecule has 0 saturated carbocycles. The third kappa shape index (κ3) is 4.27. The molecule has 0 aliphatic carbocycles. The van der Waals surface area contributed by atoms with E-state index in [0.29, 0.717) is 25.0 Å². The molecule has 0 spiro atoms. The summed E-state index contributed by atoms with van der Waals surface area (Å²) in [5.41, 5.74) is -0.485. The fourth-order valence-corrected chi connectivity index (χ4v) is 3.31. The van der Waals surface area contributed by atoms with Crippen LogP contribution in [0, 0.1) is 0 Å². The van der Waals surface area contributed by atoms with E-state index in [9.17, 15) is 9.59 Å². The lowest BCUT2D eigenvalue weighted by Crippen LogP contribution is -2.51. The third-order valence-corrected chi connectivity index (χ3v) is 4.89. The Labute approximate surface area is 148 Å². The number of H-pyrrole nitrogens is 1. The van der Waals surface area contributed by atoms with Gasteiger partial charge < -0.3 is 14.6 Å². The molecule has 1 amide bonds. The number of rotatable bonds is 3. The molecule has 7 heteroatoms. The molecule has 1 aromatic heterocycles. The maximum Gasteiger partial charge on any atom is 0.263 e. The van der Waals surface area contributed by atoms with Crippen LogP contribution in [-0.4, -0.2) is 71.1 Å². The maximum absolute atomic E-state index is 12.7. The molecule has 0 bridgehead atoms. The first-order valence-corrected chi connectivity index (χ1v) is 9.07. The molecule has 7 nitrogen and oxygen atoms in total. The maximum atomic E-state index is 12.7. The molecular weight excluding hydrogens is 320 g/mol. The molecule has 2 aliphatic heterocycles. The Morgan fingerprint density at radius 2 is 2.04 bits per heavy atom. The second kappa shape index (κ2) is 7.25. The van der Waals surface area contributed by atoms with Crippen molar-refractivity contribution in [1.82, 2.24) is 19.8 Å². The lowest BCUT2D eigenvalue weighted by Gasteiger charge is -2.35. The number of carbonyl (C=O) groups is 1. The fraction of sp³-hybridized carbons (Fsp3) is 0.722. The van der Waals surface area contributed by atoms with E-state index in [4.69, 9.17) is 4.74 Å². The summed E-state index contributed by atoms with van der Waals surface area (Å²) in [5, 5.41) is 0. The highest BCUT2D eigenvalue weighted by molar-refractivity contribution is 5.93. The third-order valence-electron chi connectivity index (χ3n) is 4.89. The van der Waals surface area contributed by atoms with Crippen molar-refractivity contribution >= 4 is 5.91 Å². The zero-order valence-corrected chi connectivity index (χ0v) is 15.4. The molecule has 2 saturated heterocycles. The van der Waals surface area contributed by atoms with E-state index in [1.165, 1.54) is 6.20 Å². The van der Waals surface area contributed by atoms with Gasteiger partial charge in [0.05, 0.1) is 6.10 Å². The molecule has 1 atom stereocenters. The number of piperazine rings is 1. The number of carbonyl (C=O) groups excluding carboxylic acids is 1. The molecule has 3 rings (SSSR count). The van der Waals surface area contributed by atoms with Crippen molar-refractivity contribution in [3.8, 4) is 0 Å². The van der Waals surface area contributed by atoms with Crippen molar-refractivity contribution in [1.29, 1.82) is 0 Å². The fourth-order valence-electron chi connectivity index (χ4n) is 3.31. The molecule has 3 heterocycles. The van der Waals surface area contributed by atoms with Crippen LogP contribution in [-0.2, 0) is 10.2 Å². The smallest absolute Gasteiger partial charge is 0.263 e. The predicted octanol–water partition coefficient (Wildman–Crippen LogP) is 1.00. The predicted molar refractivity (Wildman–Crippen MR) is 94.9 cm³/mol. The summed E-state index contributed by atoms with van der Waals surface area (Å²) in [4.78, 5) is 36.1. The van der Waals surface area contributed by atoms with Gasteiger partial charge in [-0.25, -0.2) is 4.98 Å². The van der Waals surface area contributed by atoms with Crippen molar-refractivity contribution in [2.45, 2.75) is 45.1 Å². The van der Waals surface area contributed by atoms with E-state index in [1.807, 2.05) is 20.8 Å². The monoisotopic (exact) mass is 348 g/mol. The Balaban J connectivity index is 1.60. The standard InChI is InChI=1S/C18H28N4O3/c1-18(2,3)17-19-11-14(15(23)20-17)16(24)22-8-6-21(7-9-22)12-13-5-4-10-25-13/h11,13H,4-10,12H2,1-3H3,(H,19,20,23)/t13-/m0/s1. The highest BCUT2D eigenvalue weighted by atomic mass is 16.5. The molecule has 0 radical (unpaired) electrons. The highest BCUT2D eigenvalue weighted by Crippen LogP contribution is 2.17. The first-order valence-electron chi connectivity index (χ1n) is 9.07. The van der Waals surface area contributed by atoms with Crippen LogP contribution in [0.1, 0.15) is 49.8 Å². The van der Waals surface area contributed by atoms with Gasteiger partial charge in [0.15, 0.2) is 0 Å². The number of hydrogen-bond donors (Lipinski definition) is 1. The van der Waals surface area contributed by atoms with Gasteiger partial charge in [-0.15, -0.1) is 0 Å². The van der Waals surface area contributed by atoms with Gasteiger partial charge in [0, 0.05) is 50.9 Å². The molecule has 138 valence electrons. The number of nitrogens with zero attached hydrogens (tertiary/aromatic N) is 3. The summed E-state index contributed by atoms with van der Waals surface area (Å²) in [6.45, 7) is 10.6. The van der Waals surface area contributed by atoms with Gasteiger partial charge in [-0.05, 0) is 12.8 Å². The van der Waals surface area contributed by atoms with Gasteiger partial charge in [0.2, 0.25) is 0 Å². The number of amides is 1. The van der Waals surface area contributed by atoms with E-state index in [2.05, 4.69) is 14.9 Å². The van der Waals surface area contributed by atoms with Crippen LogP contribution >= 0.6 is 0 Å². The number of nitrogens with one attached hydrogen (secondary N) is 1. The minimum Gasteiger partial charge on any atom is -0.377 e. The summed E-state index contributed by atoms with van der Waals surface area (Å²) in [7, 11) is 0. The quantitative estimate of drug-likeness (QED) is 0.882. The summed E-state index contributed by atoms with van der Waals surface area (Å²) in [5.74, 6) is 0.362.